The molecule has 0 amide bonds. The summed E-state index contributed by atoms with van der Waals surface area (Å²) in [5.74, 6) is -0.313. The molecule has 0 heterocycles. The predicted molar refractivity (Wildman–Crippen MR) is 88.6 cm³/mol. The van der Waals surface area contributed by atoms with Gasteiger partial charge in [0.25, 0.3) is 0 Å². The van der Waals surface area contributed by atoms with Gasteiger partial charge in [-0.15, -0.1) is 0 Å². The minimum atomic E-state index is -0.313. The SMILES string of the molecule is CC(CC(C)(C)c1ccccc1)Nc1ccc(Cl)cc1F. The Morgan fingerprint density at radius 1 is 1.14 bits per heavy atom. The second-order valence-corrected chi connectivity index (χ2v) is 6.56. The van der Waals surface area contributed by atoms with Crippen molar-refractivity contribution in [2.24, 2.45) is 0 Å². The lowest BCUT2D eigenvalue weighted by atomic mass is 9.79. The number of benzene rings is 2. The number of hydrogen-bond acceptors (Lipinski definition) is 1. The predicted octanol–water partition coefficient (Wildman–Crippen LogP) is 5.65. The first kappa shape index (κ1) is 15.8. The summed E-state index contributed by atoms with van der Waals surface area (Å²) in [6, 6.07) is 15.2. The molecule has 0 aromatic heterocycles. The molecule has 1 atom stereocenters. The Hall–Kier alpha value is -1.54. The summed E-state index contributed by atoms with van der Waals surface area (Å²) < 4.78 is 13.8. The van der Waals surface area contributed by atoms with Crippen LogP contribution in [-0.4, -0.2) is 6.04 Å². The Balaban J connectivity index is 2.06. The molecular weight excluding hydrogens is 285 g/mol. The molecule has 3 heteroatoms. The fraction of sp³-hybridized carbons (Fsp3) is 0.333. The quantitative estimate of drug-likeness (QED) is 0.753. The lowest BCUT2D eigenvalue weighted by Crippen LogP contribution is -2.28. The van der Waals surface area contributed by atoms with E-state index in [2.05, 4.69) is 38.2 Å². The Morgan fingerprint density at radius 2 is 1.81 bits per heavy atom. The molecule has 1 N–H and O–H groups in total. The van der Waals surface area contributed by atoms with E-state index in [1.54, 1.807) is 12.1 Å². The molecule has 2 aromatic rings. The zero-order valence-electron chi connectivity index (χ0n) is 12.7. The van der Waals surface area contributed by atoms with Crippen LogP contribution in [0.25, 0.3) is 0 Å². The van der Waals surface area contributed by atoms with Gasteiger partial charge in [-0.3, -0.25) is 0 Å². The van der Waals surface area contributed by atoms with Crippen LogP contribution < -0.4 is 5.32 Å². The van der Waals surface area contributed by atoms with Crippen LogP contribution in [0, 0.1) is 5.82 Å². The van der Waals surface area contributed by atoms with Crippen LogP contribution in [0.1, 0.15) is 32.8 Å². The Labute approximate surface area is 131 Å². The zero-order chi connectivity index (χ0) is 15.5. The normalized spacial score (nSPS) is 13.0. The van der Waals surface area contributed by atoms with Gasteiger partial charge in [-0.25, -0.2) is 4.39 Å². The van der Waals surface area contributed by atoms with Gasteiger partial charge < -0.3 is 5.32 Å². The van der Waals surface area contributed by atoms with E-state index in [1.807, 2.05) is 18.2 Å². The highest BCUT2D eigenvalue weighted by molar-refractivity contribution is 6.30. The van der Waals surface area contributed by atoms with Crippen LogP contribution >= 0.6 is 11.6 Å². The lowest BCUT2D eigenvalue weighted by Gasteiger charge is -2.29. The first-order valence-corrected chi connectivity index (χ1v) is 7.53. The first-order valence-electron chi connectivity index (χ1n) is 7.15. The number of nitrogens with one attached hydrogen (secondary N) is 1. The Kier molecular flexibility index (Phi) is 4.89. The summed E-state index contributed by atoms with van der Waals surface area (Å²) in [6.07, 6.45) is 0.902. The molecule has 0 radical (unpaired) electrons. The largest absolute Gasteiger partial charge is 0.380 e. The summed E-state index contributed by atoms with van der Waals surface area (Å²) in [7, 11) is 0. The topological polar surface area (TPSA) is 12.0 Å². The standard InChI is InChI=1S/C18H21ClFN/c1-13(21-17-10-9-15(19)11-16(17)20)12-18(2,3)14-7-5-4-6-8-14/h4-11,13,21H,12H2,1-3H3. The van der Waals surface area contributed by atoms with Gasteiger partial charge in [0, 0.05) is 11.1 Å². The fourth-order valence-corrected chi connectivity index (χ4v) is 2.85. The van der Waals surface area contributed by atoms with Gasteiger partial charge in [-0.2, -0.15) is 0 Å². The second-order valence-electron chi connectivity index (χ2n) is 6.12. The first-order chi connectivity index (χ1) is 9.88. The van der Waals surface area contributed by atoms with Crippen LogP contribution in [0.5, 0.6) is 0 Å². The molecule has 0 bridgehead atoms. The molecular formula is C18H21ClFN. The van der Waals surface area contributed by atoms with Gasteiger partial charge in [0.15, 0.2) is 0 Å². The number of anilines is 1. The molecule has 2 rings (SSSR count). The lowest BCUT2D eigenvalue weighted by molar-refractivity contribution is 0.449. The van der Waals surface area contributed by atoms with E-state index < -0.39 is 0 Å². The van der Waals surface area contributed by atoms with Crippen molar-refractivity contribution >= 4 is 17.3 Å². The Bertz CT molecular complexity index is 595. The van der Waals surface area contributed by atoms with Crippen molar-refractivity contribution in [3.05, 3.63) is 64.9 Å². The third-order valence-electron chi connectivity index (χ3n) is 3.70. The number of hydrogen-bond donors (Lipinski definition) is 1. The van der Waals surface area contributed by atoms with E-state index in [0.717, 1.165) is 6.42 Å². The summed E-state index contributed by atoms with van der Waals surface area (Å²) in [4.78, 5) is 0. The minimum absolute atomic E-state index is 0.0244. The van der Waals surface area contributed by atoms with Gasteiger partial charge in [-0.05, 0) is 42.5 Å². The number of halogens is 2. The molecule has 1 unspecified atom stereocenters. The van der Waals surface area contributed by atoms with Gasteiger partial charge in [0.2, 0.25) is 0 Å². The highest BCUT2D eigenvalue weighted by Gasteiger charge is 2.23. The van der Waals surface area contributed by atoms with Crippen LogP contribution in [-0.2, 0) is 5.41 Å². The van der Waals surface area contributed by atoms with Crippen molar-refractivity contribution in [2.45, 2.75) is 38.6 Å². The van der Waals surface area contributed by atoms with E-state index in [-0.39, 0.29) is 17.3 Å². The third kappa shape index (κ3) is 4.21. The van der Waals surface area contributed by atoms with Crippen molar-refractivity contribution < 1.29 is 4.39 Å². The van der Waals surface area contributed by atoms with E-state index in [0.29, 0.717) is 10.7 Å². The van der Waals surface area contributed by atoms with Crippen molar-refractivity contribution in [3.63, 3.8) is 0 Å². The third-order valence-corrected chi connectivity index (χ3v) is 3.94. The van der Waals surface area contributed by atoms with E-state index in [1.165, 1.54) is 11.6 Å². The highest BCUT2D eigenvalue weighted by atomic mass is 35.5. The summed E-state index contributed by atoms with van der Waals surface area (Å²) in [5.41, 5.74) is 1.81. The maximum Gasteiger partial charge on any atom is 0.147 e. The van der Waals surface area contributed by atoms with E-state index in [9.17, 15) is 4.39 Å². The molecule has 1 nitrogen and oxygen atoms in total. The van der Waals surface area contributed by atoms with Crippen LogP contribution in [0.2, 0.25) is 5.02 Å². The zero-order valence-corrected chi connectivity index (χ0v) is 13.4. The van der Waals surface area contributed by atoms with Crippen molar-refractivity contribution in [1.29, 1.82) is 0 Å². The molecule has 0 saturated carbocycles. The number of rotatable bonds is 5. The van der Waals surface area contributed by atoms with Gasteiger partial charge in [-0.1, -0.05) is 55.8 Å². The monoisotopic (exact) mass is 305 g/mol. The summed E-state index contributed by atoms with van der Waals surface area (Å²) in [5, 5.41) is 3.64. The molecule has 2 aromatic carbocycles. The van der Waals surface area contributed by atoms with E-state index in [4.69, 9.17) is 11.6 Å². The molecule has 0 saturated heterocycles. The fourth-order valence-electron chi connectivity index (χ4n) is 2.70. The van der Waals surface area contributed by atoms with Crippen molar-refractivity contribution in [1.82, 2.24) is 0 Å². The molecule has 21 heavy (non-hydrogen) atoms. The summed E-state index contributed by atoms with van der Waals surface area (Å²) in [6.45, 7) is 6.48. The maximum absolute atomic E-state index is 13.8. The molecule has 0 fully saturated rings. The van der Waals surface area contributed by atoms with Crippen molar-refractivity contribution in [2.75, 3.05) is 5.32 Å². The molecule has 0 aliphatic rings. The van der Waals surface area contributed by atoms with Gasteiger partial charge in [0.1, 0.15) is 5.82 Å². The molecule has 0 aliphatic carbocycles. The van der Waals surface area contributed by atoms with Crippen LogP contribution in [0.4, 0.5) is 10.1 Å². The molecule has 0 spiro atoms. The highest BCUT2D eigenvalue weighted by Crippen LogP contribution is 2.29. The molecule has 112 valence electrons. The average Bonchev–Trinajstić information content (AvgIpc) is 2.42. The average molecular weight is 306 g/mol. The van der Waals surface area contributed by atoms with Crippen molar-refractivity contribution in [3.8, 4) is 0 Å². The van der Waals surface area contributed by atoms with Crippen LogP contribution in [0.3, 0.4) is 0 Å². The minimum Gasteiger partial charge on any atom is -0.380 e. The summed E-state index contributed by atoms with van der Waals surface area (Å²) >= 11 is 5.77. The van der Waals surface area contributed by atoms with Gasteiger partial charge in [0.05, 0.1) is 5.69 Å². The van der Waals surface area contributed by atoms with E-state index >= 15 is 0 Å². The maximum atomic E-state index is 13.8. The molecule has 0 aliphatic heterocycles. The Morgan fingerprint density at radius 3 is 2.43 bits per heavy atom. The smallest absolute Gasteiger partial charge is 0.147 e. The van der Waals surface area contributed by atoms with Gasteiger partial charge >= 0.3 is 0 Å². The second kappa shape index (κ2) is 6.48. The van der Waals surface area contributed by atoms with Crippen LogP contribution in [0.15, 0.2) is 48.5 Å².